The molecule has 1 aliphatic heterocycles. The van der Waals surface area contributed by atoms with Crippen LogP contribution in [-0.2, 0) is 4.74 Å². The van der Waals surface area contributed by atoms with Crippen molar-refractivity contribution in [3.8, 4) is 6.07 Å². The molecule has 0 atom stereocenters. The Bertz CT molecular complexity index is 231. The molecule has 0 unspecified atom stereocenters. The van der Waals surface area contributed by atoms with Crippen LogP contribution in [0.25, 0.3) is 0 Å². The van der Waals surface area contributed by atoms with Crippen molar-refractivity contribution in [2.75, 3.05) is 26.3 Å². The van der Waals surface area contributed by atoms with E-state index in [1.165, 1.54) is 0 Å². The van der Waals surface area contributed by atoms with Crippen LogP contribution in [0.1, 0.15) is 19.3 Å². The minimum Gasteiger partial charge on any atom is -0.381 e. The van der Waals surface area contributed by atoms with Gasteiger partial charge in [0.05, 0.1) is 12.5 Å². The summed E-state index contributed by atoms with van der Waals surface area (Å²) >= 11 is 0. The molecule has 15 heavy (non-hydrogen) atoms. The van der Waals surface area contributed by atoms with Crippen LogP contribution in [0.5, 0.6) is 0 Å². The Morgan fingerprint density at radius 3 is 2.80 bits per heavy atom. The molecule has 2 amide bonds. The SMILES string of the molecule is N#CCCNC(=O)NCC1CCOCC1. The Hall–Kier alpha value is -1.28. The lowest BCUT2D eigenvalue weighted by Crippen LogP contribution is -2.39. The molecule has 2 N–H and O–H groups in total. The number of rotatable bonds is 4. The van der Waals surface area contributed by atoms with Gasteiger partial charge < -0.3 is 15.4 Å². The van der Waals surface area contributed by atoms with Gasteiger partial charge in [0.2, 0.25) is 0 Å². The highest BCUT2D eigenvalue weighted by Crippen LogP contribution is 2.12. The number of ether oxygens (including phenoxy) is 1. The van der Waals surface area contributed by atoms with Crippen LogP contribution in [0.3, 0.4) is 0 Å². The van der Waals surface area contributed by atoms with Crippen molar-refractivity contribution in [1.82, 2.24) is 10.6 Å². The van der Waals surface area contributed by atoms with Crippen LogP contribution in [0.15, 0.2) is 0 Å². The zero-order valence-corrected chi connectivity index (χ0v) is 8.79. The summed E-state index contributed by atoms with van der Waals surface area (Å²) in [5, 5.41) is 13.7. The van der Waals surface area contributed by atoms with Crippen LogP contribution >= 0.6 is 0 Å². The van der Waals surface area contributed by atoms with Gasteiger partial charge in [0.1, 0.15) is 0 Å². The lowest BCUT2D eigenvalue weighted by Gasteiger charge is -2.22. The fraction of sp³-hybridized carbons (Fsp3) is 0.800. The number of nitrogens with one attached hydrogen (secondary N) is 2. The van der Waals surface area contributed by atoms with Crippen LogP contribution in [-0.4, -0.2) is 32.3 Å². The molecular weight excluding hydrogens is 194 g/mol. The molecule has 1 fully saturated rings. The van der Waals surface area contributed by atoms with Crippen LogP contribution < -0.4 is 10.6 Å². The molecule has 0 aromatic carbocycles. The maximum Gasteiger partial charge on any atom is 0.314 e. The summed E-state index contributed by atoms with van der Waals surface area (Å²) in [6.45, 7) is 2.70. The third-order valence-electron chi connectivity index (χ3n) is 2.41. The Morgan fingerprint density at radius 2 is 2.13 bits per heavy atom. The number of nitrogens with zero attached hydrogens (tertiary/aromatic N) is 1. The summed E-state index contributed by atoms with van der Waals surface area (Å²) in [5.74, 6) is 0.528. The molecule has 1 rings (SSSR count). The summed E-state index contributed by atoms with van der Waals surface area (Å²) < 4.78 is 5.22. The second-order valence-corrected chi connectivity index (χ2v) is 3.60. The fourth-order valence-electron chi connectivity index (χ4n) is 1.48. The Morgan fingerprint density at radius 1 is 1.40 bits per heavy atom. The van der Waals surface area contributed by atoms with E-state index in [2.05, 4.69) is 10.6 Å². The third kappa shape index (κ3) is 5.23. The van der Waals surface area contributed by atoms with Crippen LogP contribution in [0.2, 0.25) is 0 Å². The van der Waals surface area contributed by atoms with Crippen molar-refractivity contribution in [1.29, 1.82) is 5.26 Å². The molecule has 0 bridgehead atoms. The molecule has 1 heterocycles. The second-order valence-electron chi connectivity index (χ2n) is 3.60. The highest BCUT2D eigenvalue weighted by Gasteiger charge is 2.14. The first-order valence-corrected chi connectivity index (χ1v) is 5.29. The van der Waals surface area contributed by atoms with E-state index in [0.717, 1.165) is 26.1 Å². The number of amides is 2. The molecule has 0 aliphatic carbocycles. The topological polar surface area (TPSA) is 74.2 Å². The first-order chi connectivity index (χ1) is 7.33. The predicted octanol–water partition coefficient (Wildman–Crippen LogP) is 0.626. The van der Waals surface area contributed by atoms with E-state index >= 15 is 0 Å². The van der Waals surface area contributed by atoms with Gasteiger partial charge in [-0.25, -0.2) is 4.79 Å². The largest absolute Gasteiger partial charge is 0.381 e. The van der Waals surface area contributed by atoms with E-state index in [4.69, 9.17) is 10.00 Å². The van der Waals surface area contributed by atoms with Crippen molar-refractivity contribution < 1.29 is 9.53 Å². The van der Waals surface area contributed by atoms with E-state index in [1.807, 2.05) is 6.07 Å². The van der Waals surface area contributed by atoms with Crippen molar-refractivity contribution in [2.45, 2.75) is 19.3 Å². The maximum absolute atomic E-state index is 11.2. The van der Waals surface area contributed by atoms with Crippen LogP contribution in [0, 0.1) is 17.2 Å². The van der Waals surface area contributed by atoms with E-state index in [1.54, 1.807) is 0 Å². The number of hydrogen-bond donors (Lipinski definition) is 2. The number of carbonyl (C=O) groups excluding carboxylic acids is 1. The van der Waals surface area contributed by atoms with Gasteiger partial charge >= 0.3 is 6.03 Å². The molecular formula is C10H17N3O2. The number of nitriles is 1. The monoisotopic (exact) mass is 211 g/mol. The molecule has 0 radical (unpaired) electrons. The molecule has 1 saturated heterocycles. The number of hydrogen-bond acceptors (Lipinski definition) is 3. The van der Waals surface area contributed by atoms with Crippen molar-refractivity contribution in [3.05, 3.63) is 0 Å². The average molecular weight is 211 g/mol. The van der Waals surface area contributed by atoms with Gasteiger partial charge in [0, 0.05) is 26.3 Å². The standard InChI is InChI=1S/C10H17N3O2/c11-4-1-5-12-10(14)13-8-9-2-6-15-7-3-9/h9H,1-3,5-8H2,(H2,12,13,14). The predicted molar refractivity (Wildman–Crippen MR) is 55.2 cm³/mol. The summed E-state index contributed by atoms with van der Waals surface area (Å²) in [7, 11) is 0. The van der Waals surface area contributed by atoms with Crippen molar-refractivity contribution >= 4 is 6.03 Å². The molecule has 1 aliphatic rings. The third-order valence-corrected chi connectivity index (χ3v) is 2.41. The van der Waals surface area contributed by atoms with Gasteiger partial charge in [-0.05, 0) is 18.8 Å². The number of urea groups is 1. The quantitative estimate of drug-likeness (QED) is 0.670. The fourth-order valence-corrected chi connectivity index (χ4v) is 1.48. The molecule has 0 saturated carbocycles. The first-order valence-electron chi connectivity index (χ1n) is 5.29. The summed E-state index contributed by atoms with van der Waals surface area (Å²) in [6.07, 6.45) is 2.38. The highest BCUT2D eigenvalue weighted by atomic mass is 16.5. The minimum atomic E-state index is -0.184. The Balaban J connectivity index is 2.03. The lowest BCUT2D eigenvalue weighted by atomic mass is 10.0. The molecule has 5 nitrogen and oxygen atoms in total. The van der Waals surface area contributed by atoms with Gasteiger partial charge in [-0.15, -0.1) is 0 Å². The Kier molecular flexibility index (Phi) is 5.56. The summed E-state index contributed by atoms with van der Waals surface area (Å²) in [5.41, 5.74) is 0. The van der Waals surface area contributed by atoms with Crippen molar-refractivity contribution in [2.24, 2.45) is 5.92 Å². The number of carbonyl (C=O) groups is 1. The first kappa shape index (κ1) is 11.8. The van der Waals surface area contributed by atoms with Gasteiger partial charge in [0.25, 0.3) is 0 Å². The lowest BCUT2D eigenvalue weighted by molar-refractivity contribution is 0.0669. The molecule has 0 aromatic rings. The van der Waals surface area contributed by atoms with Crippen molar-refractivity contribution in [3.63, 3.8) is 0 Å². The summed E-state index contributed by atoms with van der Waals surface area (Å²) in [4.78, 5) is 11.2. The Labute approximate surface area is 89.8 Å². The molecule has 84 valence electrons. The van der Waals surface area contributed by atoms with E-state index in [0.29, 0.717) is 25.4 Å². The molecule has 5 heteroatoms. The zero-order valence-electron chi connectivity index (χ0n) is 8.79. The maximum atomic E-state index is 11.2. The summed E-state index contributed by atoms with van der Waals surface area (Å²) in [6, 6.07) is 1.79. The van der Waals surface area contributed by atoms with Gasteiger partial charge in [-0.2, -0.15) is 5.26 Å². The smallest absolute Gasteiger partial charge is 0.314 e. The minimum absolute atomic E-state index is 0.184. The van der Waals surface area contributed by atoms with Gasteiger partial charge in [0.15, 0.2) is 0 Å². The highest BCUT2D eigenvalue weighted by molar-refractivity contribution is 5.73. The van der Waals surface area contributed by atoms with E-state index < -0.39 is 0 Å². The van der Waals surface area contributed by atoms with Gasteiger partial charge in [-0.1, -0.05) is 0 Å². The van der Waals surface area contributed by atoms with E-state index in [-0.39, 0.29) is 6.03 Å². The normalized spacial score (nSPS) is 16.7. The average Bonchev–Trinajstić information content (AvgIpc) is 2.28. The van der Waals surface area contributed by atoms with E-state index in [9.17, 15) is 4.79 Å². The molecule has 0 spiro atoms. The molecule has 0 aromatic heterocycles. The van der Waals surface area contributed by atoms with Gasteiger partial charge in [-0.3, -0.25) is 0 Å². The van der Waals surface area contributed by atoms with Crippen LogP contribution in [0.4, 0.5) is 4.79 Å². The second kappa shape index (κ2) is 7.07. The zero-order chi connectivity index (χ0) is 10.9.